The number of benzene rings is 11. The summed E-state index contributed by atoms with van der Waals surface area (Å²) in [6.07, 6.45) is 1.75. The first-order valence-electron chi connectivity index (χ1n) is 36.1. The fourth-order valence-corrected chi connectivity index (χ4v) is 20.1. The molecule has 0 radical (unpaired) electrons. The molecular weight excluding hydrogens is 1590 g/mol. The first kappa shape index (κ1) is 75.4. The molecule has 0 aliphatic carbocycles. The van der Waals surface area contributed by atoms with E-state index in [4.69, 9.17) is 51.1 Å². The highest BCUT2D eigenvalue weighted by Crippen LogP contribution is 2.56. The zero-order chi connectivity index (χ0) is 78.1. The van der Waals surface area contributed by atoms with Crippen molar-refractivity contribution in [3.63, 3.8) is 0 Å². The van der Waals surface area contributed by atoms with Crippen molar-refractivity contribution in [3.05, 3.63) is 390 Å². The molecule has 114 heavy (non-hydrogen) atoms. The molecule has 4 atom stereocenters. The van der Waals surface area contributed by atoms with Crippen LogP contribution in [-0.4, -0.2) is 55.9 Å². The molecule has 12 aromatic rings. The number of para-hydroxylation sites is 4. The summed E-state index contributed by atoms with van der Waals surface area (Å²) < 4.78 is 5.33. The molecule has 20 rings (SSSR count). The Morgan fingerprint density at radius 1 is 0.333 bits per heavy atom. The number of thioether (sulfide) groups is 4. The number of halogens is 4. The van der Waals surface area contributed by atoms with Crippen molar-refractivity contribution in [2.75, 3.05) is 26.7 Å². The van der Waals surface area contributed by atoms with Gasteiger partial charge in [0.2, 0.25) is 19.5 Å². The Morgan fingerprint density at radius 2 is 0.675 bits per heavy atom. The number of nitrogens with zero attached hydrogens (tertiary/aromatic N) is 9. The second kappa shape index (κ2) is 31.9. The van der Waals surface area contributed by atoms with Crippen LogP contribution in [0.4, 0.5) is 22.7 Å². The van der Waals surface area contributed by atoms with Crippen LogP contribution in [0.15, 0.2) is 324 Å². The number of rotatable bonds is 13. The van der Waals surface area contributed by atoms with E-state index in [1.165, 1.54) is 47.0 Å². The molecule has 0 fully saturated rings. The lowest BCUT2D eigenvalue weighted by atomic mass is 10.1. The number of fused-ring (bicyclic) bond motifs is 8. The monoisotopic (exact) mass is 1650 g/mol. The summed E-state index contributed by atoms with van der Waals surface area (Å²) >= 11 is 30.8. The molecule has 4 amide bonds. The minimum Gasteiger partial charge on any atom is -0.497 e. The second-order valence-electron chi connectivity index (χ2n) is 27.0. The molecule has 11 aromatic carbocycles. The normalized spacial score (nSPS) is 20.1. The molecule has 9 heterocycles. The van der Waals surface area contributed by atoms with Gasteiger partial charge in [0.15, 0.2) is 0 Å². The van der Waals surface area contributed by atoms with Gasteiger partial charge < -0.3 is 24.3 Å². The number of hydrogen-bond acceptors (Lipinski definition) is 18. The fraction of sp³-hybridized carbons (Fsp3) is 0.102. The predicted molar refractivity (Wildman–Crippen MR) is 462 cm³/mol. The topological polar surface area (TPSA) is 201 Å². The Balaban J connectivity index is 0.000000110. The molecule has 4 unspecified atom stereocenters. The molecule has 0 bridgehead atoms. The highest BCUT2D eigenvalue weighted by atomic mass is 35.5. The Labute approximate surface area is 694 Å². The van der Waals surface area contributed by atoms with Crippen LogP contribution in [0.1, 0.15) is 66.9 Å². The molecule has 4 N–H and O–H groups in total. The molecule has 4 spiro atoms. The number of aromatic nitrogens is 1. The highest BCUT2D eigenvalue weighted by Gasteiger charge is 2.59. The number of nitrogens with one attached hydrogen (secondary N) is 4. The van der Waals surface area contributed by atoms with Crippen LogP contribution in [0.3, 0.4) is 0 Å². The van der Waals surface area contributed by atoms with Crippen LogP contribution in [0.2, 0.25) is 20.1 Å². The number of anilines is 4. The van der Waals surface area contributed by atoms with Crippen molar-refractivity contribution in [3.8, 4) is 5.75 Å². The van der Waals surface area contributed by atoms with E-state index in [1.807, 2.05) is 302 Å². The number of hydrogen-bond donors (Lipinski definition) is 4. The molecule has 8 aliphatic rings. The average Bonchev–Trinajstić information content (AvgIpc) is 1.58. The molecule has 0 saturated carbocycles. The van der Waals surface area contributed by atoms with Crippen molar-refractivity contribution in [2.24, 2.45) is 20.4 Å². The Kier molecular flexibility index (Phi) is 21.1. The van der Waals surface area contributed by atoms with Gasteiger partial charge in [-0.2, -0.15) is 20.4 Å². The quantitative estimate of drug-likeness (QED) is 0.0849. The molecule has 18 nitrogen and oxygen atoms in total. The molecule has 26 heteroatoms. The summed E-state index contributed by atoms with van der Waals surface area (Å²) in [4.78, 5) is 62.1. The van der Waals surface area contributed by atoms with E-state index in [-0.39, 0.29) is 23.6 Å². The van der Waals surface area contributed by atoms with E-state index in [0.29, 0.717) is 46.3 Å². The molecular formula is C88H65Cl4N13O5S4. The SMILES string of the molecule is COc1cccc(C2=NNC3(S2)C(=O)N(Cc2ccccc2Cl)c2ccccc23)c1.O=C1N(Cc2cccc(Cl)c2)c2ccccc2C12NN=C(c1ccccc1)S2.O=C1N(Cc2ccccc2Cl)c2ccccc2C12NN=C(c1cccc(Cl)c1)S2.O=C1N(Cc2ccccn2)c2ccccc2C12NN=C(c1ccccc1)S2. The van der Waals surface area contributed by atoms with Crippen LogP contribution in [0.25, 0.3) is 0 Å². The van der Waals surface area contributed by atoms with Gasteiger partial charge in [0.25, 0.3) is 23.6 Å². The van der Waals surface area contributed by atoms with Gasteiger partial charge in [-0.3, -0.25) is 45.9 Å². The molecule has 1 aromatic heterocycles. The van der Waals surface area contributed by atoms with Gasteiger partial charge >= 0.3 is 0 Å². The fourth-order valence-electron chi connectivity index (χ4n) is 14.5. The lowest BCUT2D eigenvalue weighted by molar-refractivity contribution is -0.121. The van der Waals surface area contributed by atoms with Gasteiger partial charge in [0.05, 0.1) is 61.7 Å². The van der Waals surface area contributed by atoms with E-state index < -0.39 is 19.5 Å². The van der Waals surface area contributed by atoms with E-state index in [2.05, 4.69) is 47.1 Å². The number of carbonyl (C=O) groups is 4. The lowest BCUT2D eigenvalue weighted by Crippen LogP contribution is -2.44. The lowest BCUT2D eigenvalue weighted by Gasteiger charge is -2.23. The van der Waals surface area contributed by atoms with Crippen LogP contribution >= 0.6 is 93.5 Å². The van der Waals surface area contributed by atoms with Crippen LogP contribution < -0.4 is 46.0 Å². The summed E-state index contributed by atoms with van der Waals surface area (Å²) in [5.41, 5.74) is 27.1. The standard InChI is InChI=1S/C23H18ClN3O2S.C22H15Cl2N3OS.C22H16ClN3OS.C21H16N4OS/c1-29-17-9-6-8-15(13-17)21-25-26-23(30-21)18-10-3-5-12-20(18)27(22(23)28)14-16-7-2-4-11-19(16)24;23-16-8-5-7-14(12-16)20-25-26-22(29-20)17-9-2-4-11-19(17)27(21(22)28)13-15-6-1-3-10-18(15)24;23-17-10-6-7-15(13-17)14-26-19-12-5-4-11-18(19)22(21(26)27)25-24-20(28-22)16-8-2-1-3-9-16;26-20-21(24-23-19(27-21)15-8-2-1-3-9-15)17-11-4-5-12-18(17)25(20)14-16-10-6-7-13-22-16/h2-13,26H,14H2,1H3;1-12,26H,13H2;1-13,25H,14H2;1-13,24H,14H2. The minimum absolute atomic E-state index is 0.0194. The van der Waals surface area contributed by atoms with E-state index in [0.717, 1.165) is 116 Å². The summed E-state index contributed by atoms with van der Waals surface area (Å²) in [5, 5.41) is 23.7. The summed E-state index contributed by atoms with van der Waals surface area (Å²) in [6.45, 7) is 1.68. The predicted octanol–water partition coefficient (Wildman–Crippen LogP) is 18.4. The second-order valence-corrected chi connectivity index (χ2v) is 33.5. The summed E-state index contributed by atoms with van der Waals surface area (Å²) in [5.74, 6) is 0.581. The van der Waals surface area contributed by atoms with Gasteiger partial charge in [-0.05, 0) is 102 Å². The highest BCUT2D eigenvalue weighted by molar-refractivity contribution is 8.17. The number of ether oxygens (including phenoxy) is 1. The van der Waals surface area contributed by atoms with Gasteiger partial charge in [-0.1, -0.05) is 306 Å². The van der Waals surface area contributed by atoms with Gasteiger partial charge in [0, 0.05) is 70.8 Å². The van der Waals surface area contributed by atoms with E-state index >= 15 is 0 Å². The van der Waals surface area contributed by atoms with E-state index in [1.54, 1.807) is 28.0 Å². The third-order valence-electron chi connectivity index (χ3n) is 20.0. The van der Waals surface area contributed by atoms with Crippen molar-refractivity contribution in [1.82, 2.24) is 26.7 Å². The van der Waals surface area contributed by atoms with Gasteiger partial charge in [0.1, 0.15) is 25.9 Å². The average molecular weight is 1650 g/mol. The third kappa shape index (κ3) is 14.1. The van der Waals surface area contributed by atoms with Crippen LogP contribution in [-0.2, 0) is 64.8 Å². The minimum atomic E-state index is -0.991. The van der Waals surface area contributed by atoms with Gasteiger partial charge in [-0.25, -0.2) is 0 Å². The first-order valence-corrected chi connectivity index (χ1v) is 40.9. The number of amides is 4. The first-order chi connectivity index (χ1) is 55.7. The number of methoxy groups -OCH3 is 1. The maximum atomic E-state index is 13.7. The van der Waals surface area contributed by atoms with Crippen molar-refractivity contribution >= 4 is 160 Å². The van der Waals surface area contributed by atoms with Crippen molar-refractivity contribution in [2.45, 2.75) is 45.7 Å². The van der Waals surface area contributed by atoms with Crippen LogP contribution in [0.5, 0.6) is 5.75 Å². The maximum absolute atomic E-state index is 13.7. The maximum Gasteiger partial charge on any atom is 0.270 e. The van der Waals surface area contributed by atoms with Crippen LogP contribution in [0, 0.1) is 0 Å². The van der Waals surface area contributed by atoms with Crippen molar-refractivity contribution in [1.29, 1.82) is 0 Å². The smallest absolute Gasteiger partial charge is 0.270 e. The molecule has 564 valence electrons. The Bertz CT molecular complexity index is 5920. The number of pyridine rings is 1. The Hall–Kier alpha value is -11.3. The van der Waals surface area contributed by atoms with E-state index in [9.17, 15) is 19.2 Å². The van der Waals surface area contributed by atoms with Gasteiger partial charge in [-0.15, -0.1) is 0 Å². The summed E-state index contributed by atoms with van der Waals surface area (Å²) in [7, 11) is 1.63. The van der Waals surface area contributed by atoms with Crippen molar-refractivity contribution < 1.29 is 23.9 Å². The number of carbonyl (C=O) groups excluding carboxylic acids is 4. The summed E-state index contributed by atoms with van der Waals surface area (Å²) in [6, 6.07) is 94.9. The molecule has 0 saturated heterocycles. The zero-order valence-electron chi connectivity index (χ0n) is 60.4. The largest absolute Gasteiger partial charge is 0.497 e. The third-order valence-corrected chi connectivity index (χ3v) is 26.5. The number of hydrazone groups is 4. The Morgan fingerprint density at radius 3 is 1.08 bits per heavy atom. The zero-order valence-corrected chi connectivity index (χ0v) is 66.7. The molecule has 8 aliphatic heterocycles.